The number of aliphatic carboxylic acids is 1. The summed E-state index contributed by atoms with van der Waals surface area (Å²) in [5.74, 6) is -2.40. The molecular formula is C18H16FNO5. The summed E-state index contributed by atoms with van der Waals surface area (Å²) in [5.41, 5.74) is 0.806. The van der Waals surface area contributed by atoms with Crippen molar-refractivity contribution < 1.29 is 28.6 Å². The second-order valence-electron chi connectivity index (χ2n) is 5.31. The number of ether oxygens (including phenoxy) is 1. The standard InChI is InChI=1S/C18H16FNO5/c1-11(21)25-15-8-4-13(5-9-15)17(22)20-16(18(23)24)10-12-2-6-14(19)7-3-12/h2-9,16H,10H2,1H3,(H,20,22)(H,23,24)/t16-/m1/s1. The predicted molar refractivity (Wildman–Crippen MR) is 86.7 cm³/mol. The molecule has 0 aliphatic heterocycles. The van der Waals surface area contributed by atoms with Crippen molar-refractivity contribution in [1.29, 1.82) is 0 Å². The smallest absolute Gasteiger partial charge is 0.326 e. The Labute approximate surface area is 143 Å². The number of rotatable bonds is 6. The van der Waals surface area contributed by atoms with E-state index in [2.05, 4.69) is 5.32 Å². The van der Waals surface area contributed by atoms with Gasteiger partial charge in [0.15, 0.2) is 0 Å². The average Bonchev–Trinajstić information content (AvgIpc) is 2.56. The first-order valence-corrected chi connectivity index (χ1v) is 7.42. The number of benzene rings is 2. The van der Waals surface area contributed by atoms with Crippen LogP contribution in [-0.2, 0) is 16.0 Å². The van der Waals surface area contributed by atoms with Crippen LogP contribution in [0.2, 0.25) is 0 Å². The van der Waals surface area contributed by atoms with Crippen molar-refractivity contribution in [3.63, 3.8) is 0 Å². The summed E-state index contributed by atoms with van der Waals surface area (Å²) >= 11 is 0. The quantitative estimate of drug-likeness (QED) is 0.618. The molecule has 0 saturated heterocycles. The van der Waals surface area contributed by atoms with Crippen LogP contribution in [0.5, 0.6) is 5.75 Å². The van der Waals surface area contributed by atoms with E-state index in [-0.39, 0.29) is 17.7 Å². The van der Waals surface area contributed by atoms with E-state index < -0.39 is 29.7 Å². The topological polar surface area (TPSA) is 92.7 Å². The molecular weight excluding hydrogens is 329 g/mol. The molecule has 2 N–H and O–H groups in total. The van der Waals surface area contributed by atoms with E-state index >= 15 is 0 Å². The second-order valence-corrected chi connectivity index (χ2v) is 5.31. The van der Waals surface area contributed by atoms with Gasteiger partial charge in [0.1, 0.15) is 17.6 Å². The van der Waals surface area contributed by atoms with Crippen LogP contribution in [0.15, 0.2) is 48.5 Å². The maximum atomic E-state index is 12.9. The predicted octanol–water partition coefficient (Wildman–Crippen LogP) is 2.18. The zero-order valence-electron chi connectivity index (χ0n) is 13.4. The first kappa shape index (κ1) is 18.1. The SMILES string of the molecule is CC(=O)Oc1ccc(C(=O)N[C@H](Cc2ccc(F)cc2)C(=O)O)cc1. The fourth-order valence-corrected chi connectivity index (χ4v) is 2.14. The van der Waals surface area contributed by atoms with Gasteiger partial charge in [0.25, 0.3) is 5.91 Å². The number of carboxylic acid groups (broad SMARTS) is 1. The summed E-state index contributed by atoms with van der Waals surface area (Å²) in [6.07, 6.45) is 0.0207. The highest BCUT2D eigenvalue weighted by atomic mass is 19.1. The highest BCUT2D eigenvalue weighted by Gasteiger charge is 2.21. The molecule has 0 radical (unpaired) electrons. The van der Waals surface area contributed by atoms with Gasteiger partial charge in [0, 0.05) is 18.9 Å². The summed E-state index contributed by atoms with van der Waals surface area (Å²) in [5, 5.41) is 11.7. The Kier molecular flexibility index (Phi) is 5.84. The van der Waals surface area contributed by atoms with Gasteiger partial charge in [-0.2, -0.15) is 0 Å². The largest absolute Gasteiger partial charge is 0.480 e. The molecule has 0 aliphatic rings. The maximum Gasteiger partial charge on any atom is 0.326 e. The van der Waals surface area contributed by atoms with Crippen LogP contribution in [0, 0.1) is 5.82 Å². The van der Waals surface area contributed by atoms with Crippen molar-refractivity contribution in [1.82, 2.24) is 5.32 Å². The third kappa shape index (κ3) is 5.42. The van der Waals surface area contributed by atoms with Gasteiger partial charge in [0.2, 0.25) is 0 Å². The van der Waals surface area contributed by atoms with Gasteiger partial charge in [-0.3, -0.25) is 9.59 Å². The van der Waals surface area contributed by atoms with Crippen LogP contribution >= 0.6 is 0 Å². The normalized spacial score (nSPS) is 11.4. The number of amides is 1. The van der Waals surface area contributed by atoms with Crippen molar-refractivity contribution >= 4 is 17.8 Å². The number of carboxylic acids is 1. The van der Waals surface area contributed by atoms with Crippen molar-refractivity contribution in [2.45, 2.75) is 19.4 Å². The lowest BCUT2D eigenvalue weighted by Crippen LogP contribution is -2.42. The number of esters is 1. The summed E-state index contributed by atoms with van der Waals surface area (Å²) in [6.45, 7) is 1.26. The van der Waals surface area contributed by atoms with E-state index in [0.29, 0.717) is 5.56 Å². The van der Waals surface area contributed by atoms with Gasteiger partial charge < -0.3 is 15.2 Å². The van der Waals surface area contributed by atoms with Gasteiger partial charge in [-0.1, -0.05) is 12.1 Å². The second kappa shape index (κ2) is 8.05. The molecule has 1 atom stereocenters. The summed E-state index contributed by atoms with van der Waals surface area (Å²) in [6, 6.07) is 9.93. The molecule has 0 aliphatic carbocycles. The van der Waals surface area contributed by atoms with Crippen molar-refractivity contribution in [3.05, 3.63) is 65.5 Å². The van der Waals surface area contributed by atoms with Crippen LogP contribution in [0.1, 0.15) is 22.8 Å². The third-order valence-electron chi connectivity index (χ3n) is 3.33. The lowest BCUT2D eigenvalue weighted by molar-refractivity contribution is -0.139. The fourth-order valence-electron chi connectivity index (χ4n) is 2.14. The molecule has 0 saturated carbocycles. The molecule has 0 fully saturated rings. The molecule has 2 aromatic carbocycles. The number of halogens is 1. The Bertz CT molecular complexity index is 771. The van der Waals surface area contributed by atoms with Crippen LogP contribution in [-0.4, -0.2) is 29.0 Å². The Balaban J connectivity index is 2.05. The molecule has 6 nitrogen and oxygen atoms in total. The third-order valence-corrected chi connectivity index (χ3v) is 3.33. The Hall–Kier alpha value is -3.22. The molecule has 2 rings (SSSR count). The molecule has 0 aromatic heterocycles. The van der Waals surface area contributed by atoms with E-state index in [4.69, 9.17) is 4.74 Å². The zero-order chi connectivity index (χ0) is 18.4. The van der Waals surface area contributed by atoms with Crippen molar-refractivity contribution in [3.8, 4) is 5.75 Å². The van der Waals surface area contributed by atoms with E-state index in [9.17, 15) is 23.9 Å². The van der Waals surface area contributed by atoms with Gasteiger partial charge in [0.05, 0.1) is 0 Å². The van der Waals surface area contributed by atoms with Gasteiger partial charge in [-0.05, 0) is 42.0 Å². The number of hydrogen-bond donors (Lipinski definition) is 2. The molecule has 0 bridgehead atoms. The van der Waals surface area contributed by atoms with E-state index in [1.165, 1.54) is 55.5 Å². The van der Waals surface area contributed by atoms with Crippen LogP contribution in [0.25, 0.3) is 0 Å². The molecule has 130 valence electrons. The monoisotopic (exact) mass is 345 g/mol. The van der Waals surface area contributed by atoms with Crippen LogP contribution < -0.4 is 10.1 Å². The molecule has 7 heteroatoms. The van der Waals surface area contributed by atoms with Crippen molar-refractivity contribution in [2.75, 3.05) is 0 Å². The molecule has 1 amide bonds. The fraction of sp³-hybridized carbons (Fsp3) is 0.167. The minimum absolute atomic E-state index is 0.0207. The Morgan fingerprint density at radius 1 is 1.08 bits per heavy atom. The molecule has 0 heterocycles. The van der Waals surface area contributed by atoms with Gasteiger partial charge in [-0.15, -0.1) is 0 Å². The highest BCUT2D eigenvalue weighted by molar-refractivity contribution is 5.96. The van der Waals surface area contributed by atoms with Crippen LogP contribution in [0.4, 0.5) is 4.39 Å². The first-order valence-electron chi connectivity index (χ1n) is 7.42. The summed E-state index contributed by atoms with van der Waals surface area (Å²) in [7, 11) is 0. The minimum Gasteiger partial charge on any atom is -0.480 e. The van der Waals surface area contributed by atoms with Gasteiger partial charge >= 0.3 is 11.9 Å². The number of carbonyl (C=O) groups is 3. The van der Waals surface area contributed by atoms with Crippen LogP contribution in [0.3, 0.4) is 0 Å². The summed E-state index contributed by atoms with van der Waals surface area (Å²) < 4.78 is 17.8. The van der Waals surface area contributed by atoms with Gasteiger partial charge in [-0.25, -0.2) is 9.18 Å². The van der Waals surface area contributed by atoms with Crippen molar-refractivity contribution in [2.24, 2.45) is 0 Å². The number of carbonyl (C=O) groups excluding carboxylic acids is 2. The number of nitrogens with one attached hydrogen (secondary N) is 1. The van der Waals surface area contributed by atoms with E-state index in [1.807, 2.05) is 0 Å². The molecule has 0 spiro atoms. The maximum absolute atomic E-state index is 12.9. The van der Waals surface area contributed by atoms with E-state index in [0.717, 1.165) is 0 Å². The van der Waals surface area contributed by atoms with E-state index in [1.54, 1.807) is 0 Å². The minimum atomic E-state index is -1.20. The number of hydrogen-bond acceptors (Lipinski definition) is 4. The average molecular weight is 345 g/mol. The lowest BCUT2D eigenvalue weighted by Gasteiger charge is -2.15. The molecule has 2 aromatic rings. The summed E-state index contributed by atoms with van der Waals surface area (Å²) in [4.78, 5) is 34.4. The Morgan fingerprint density at radius 2 is 1.68 bits per heavy atom. The first-order chi connectivity index (χ1) is 11.8. The highest BCUT2D eigenvalue weighted by Crippen LogP contribution is 2.13. The molecule has 0 unspecified atom stereocenters. The zero-order valence-corrected chi connectivity index (χ0v) is 13.4. The Morgan fingerprint density at radius 3 is 2.20 bits per heavy atom. The lowest BCUT2D eigenvalue weighted by atomic mass is 10.1. The molecule has 25 heavy (non-hydrogen) atoms.